The monoisotopic (exact) mass is 379 g/mol. The lowest BCUT2D eigenvalue weighted by Gasteiger charge is -2.09. The smallest absolute Gasteiger partial charge is 0.326 e. The molecule has 0 fully saturated rings. The fourth-order valence-corrected chi connectivity index (χ4v) is 2.70. The minimum atomic E-state index is -0.690. The second-order valence-electron chi connectivity index (χ2n) is 6.68. The molecule has 3 aromatic rings. The molecule has 2 aromatic carbocycles. The topological polar surface area (TPSA) is 90.3 Å². The van der Waals surface area contributed by atoms with Crippen LogP contribution >= 0.6 is 0 Å². The van der Waals surface area contributed by atoms with Gasteiger partial charge in [0, 0.05) is 5.69 Å². The van der Waals surface area contributed by atoms with E-state index in [-0.39, 0.29) is 12.1 Å². The van der Waals surface area contributed by atoms with Crippen LogP contribution in [-0.2, 0) is 20.9 Å². The summed E-state index contributed by atoms with van der Waals surface area (Å²) in [5.41, 5.74) is 2.01. The van der Waals surface area contributed by atoms with E-state index in [4.69, 9.17) is 4.74 Å². The number of hydrogen-bond acceptors (Lipinski definition) is 5. The molecule has 1 heterocycles. The lowest BCUT2D eigenvalue weighted by molar-refractivity contribution is -0.147. The maximum absolute atomic E-state index is 12.4. The molecule has 7 heteroatoms. The van der Waals surface area contributed by atoms with Gasteiger partial charge in [-0.1, -0.05) is 38.1 Å². The maximum atomic E-state index is 12.4. The molecule has 1 N–H and O–H groups in total. The van der Waals surface area contributed by atoms with Gasteiger partial charge in [0.25, 0.3) is 11.5 Å². The van der Waals surface area contributed by atoms with Crippen molar-refractivity contribution >= 4 is 28.5 Å². The molecular formula is C21H21N3O4. The van der Waals surface area contributed by atoms with Crippen molar-refractivity contribution in [3.8, 4) is 0 Å². The predicted octanol–water partition coefficient (Wildman–Crippen LogP) is 2.70. The van der Waals surface area contributed by atoms with Crippen molar-refractivity contribution in [3.05, 3.63) is 70.8 Å². The number of aromatic nitrogens is 2. The van der Waals surface area contributed by atoms with Gasteiger partial charge in [0.15, 0.2) is 6.61 Å². The molecule has 144 valence electrons. The largest absolute Gasteiger partial charge is 0.454 e. The van der Waals surface area contributed by atoms with Gasteiger partial charge in [-0.3, -0.25) is 19.0 Å². The normalized spacial score (nSPS) is 10.8. The Hall–Kier alpha value is -3.48. The van der Waals surface area contributed by atoms with Crippen molar-refractivity contribution in [1.82, 2.24) is 9.55 Å². The van der Waals surface area contributed by atoms with Gasteiger partial charge in [-0.25, -0.2) is 4.98 Å². The quantitative estimate of drug-likeness (QED) is 0.665. The molecule has 0 saturated heterocycles. The van der Waals surface area contributed by atoms with Crippen molar-refractivity contribution in [2.45, 2.75) is 26.3 Å². The number of nitrogens with one attached hydrogen (secondary N) is 1. The fourth-order valence-electron chi connectivity index (χ4n) is 2.70. The molecule has 0 spiro atoms. The van der Waals surface area contributed by atoms with Crippen LogP contribution < -0.4 is 10.9 Å². The summed E-state index contributed by atoms with van der Waals surface area (Å²) in [4.78, 5) is 40.4. The van der Waals surface area contributed by atoms with Crippen molar-refractivity contribution < 1.29 is 14.3 Å². The minimum absolute atomic E-state index is 0.312. The highest BCUT2D eigenvalue weighted by molar-refractivity contribution is 5.92. The number of amides is 1. The van der Waals surface area contributed by atoms with Crippen LogP contribution in [0.1, 0.15) is 25.3 Å². The lowest BCUT2D eigenvalue weighted by atomic mass is 10.0. The summed E-state index contributed by atoms with van der Waals surface area (Å²) >= 11 is 0. The van der Waals surface area contributed by atoms with E-state index in [2.05, 4.69) is 24.1 Å². The number of para-hydroxylation sites is 1. The third-order valence-corrected chi connectivity index (χ3v) is 4.26. The number of ether oxygens (including phenoxy) is 1. The van der Waals surface area contributed by atoms with Crippen LogP contribution in [0.4, 0.5) is 5.69 Å². The summed E-state index contributed by atoms with van der Waals surface area (Å²) in [6.45, 7) is 3.43. The minimum Gasteiger partial charge on any atom is -0.454 e. The summed E-state index contributed by atoms with van der Waals surface area (Å²) in [7, 11) is 0. The molecule has 0 aliphatic heterocycles. The van der Waals surface area contributed by atoms with E-state index in [0.29, 0.717) is 22.5 Å². The van der Waals surface area contributed by atoms with Gasteiger partial charge >= 0.3 is 5.97 Å². The van der Waals surface area contributed by atoms with Crippen molar-refractivity contribution in [2.24, 2.45) is 0 Å². The summed E-state index contributed by atoms with van der Waals surface area (Å²) in [6.07, 6.45) is 1.29. The molecule has 0 radical (unpaired) electrons. The zero-order valence-corrected chi connectivity index (χ0v) is 15.7. The van der Waals surface area contributed by atoms with Gasteiger partial charge in [0.1, 0.15) is 6.54 Å². The zero-order valence-electron chi connectivity index (χ0n) is 15.7. The molecule has 0 unspecified atom stereocenters. The van der Waals surface area contributed by atoms with Crippen LogP contribution in [0.3, 0.4) is 0 Å². The number of carbonyl (C=O) groups is 2. The molecule has 0 saturated carbocycles. The number of rotatable bonds is 6. The van der Waals surface area contributed by atoms with E-state index in [0.717, 1.165) is 4.57 Å². The maximum Gasteiger partial charge on any atom is 0.326 e. The number of anilines is 1. The molecule has 0 aliphatic rings. The first-order valence-electron chi connectivity index (χ1n) is 8.93. The van der Waals surface area contributed by atoms with E-state index < -0.39 is 18.5 Å². The van der Waals surface area contributed by atoms with Crippen molar-refractivity contribution in [1.29, 1.82) is 0 Å². The molecule has 1 aromatic heterocycles. The average molecular weight is 379 g/mol. The van der Waals surface area contributed by atoms with E-state index in [9.17, 15) is 14.4 Å². The summed E-state index contributed by atoms with van der Waals surface area (Å²) in [5.74, 6) is -0.738. The Morgan fingerprint density at radius 3 is 2.54 bits per heavy atom. The van der Waals surface area contributed by atoms with Gasteiger partial charge in [-0.05, 0) is 35.7 Å². The lowest BCUT2D eigenvalue weighted by Crippen LogP contribution is -2.28. The van der Waals surface area contributed by atoms with Gasteiger partial charge in [0.2, 0.25) is 0 Å². The number of nitrogens with zero attached hydrogens (tertiary/aromatic N) is 2. The molecular weight excluding hydrogens is 358 g/mol. The Kier molecular flexibility index (Phi) is 5.84. The van der Waals surface area contributed by atoms with Crippen molar-refractivity contribution in [3.63, 3.8) is 0 Å². The Morgan fingerprint density at radius 1 is 1.11 bits per heavy atom. The van der Waals surface area contributed by atoms with Crippen molar-refractivity contribution in [2.75, 3.05) is 11.9 Å². The molecule has 3 rings (SSSR count). The molecule has 1 amide bonds. The molecule has 0 bridgehead atoms. The van der Waals surface area contributed by atoms with Crippen LogP contribution in [0, 0.1) is 0 Å². The van der Waals surface area contributed by atoms with Crippen LogP contribution in [0.2, 0.25) is 0 Å². The summed E-state index contributed by atoms with van der Waals surface area (Å²) in [5, 5.41) is 3.08. The Balaban J connectivity index is 1.55. The number of benzene rings is 2. The van der Waals surface area contributed by atoms with E-state index in [1.807, 2.05) is 12.1 Å². The van der Waals surface area contributed by atoms with Crippen LogP contribution in [0.5, 0.6) is 0 Å². The highest BCUT2D eigenvalue weighted by Crippen LogP contribution is 2.17. The highest BCUT2D eigenvalue weighted by atomic mass is 16.5. The Morgan fingerprint density at radius 2 is 1.82 bits per heavy atom. The highest BCUT2D eigenvalue weighted by Gasteiger charge is 2.11. The van der Waals surface area contributed by atoms with Crippen LogP contribution in [-0.4, -0.2) is 28.0 Å². The van der Waals surface area contributed by atoms with Gasteiger partial charge in [-0.2, -0.15) is 0 Å². The summed E-state index contributed by atoms with van der Waals surface area (Å²) in [6, 6.07) is 14.3. The number of fused-ring (bicyclic) bond motifs is 1. The fraction of sp³-hybridized carbons (Fsp3) is 0.238. The standard InChI is InChI=1S/C21H21N3O4/c1-14(2)15-7-9-16(10-8-15)23-19(25)12-28-20(26)11-24-13-22-18-6-4-3-5-17(18)21(24)27/h3-10,13-14H,11-12H2,1-2H3,(H,23,25). The third-order valence-electron chi connectivity index (χ3n) is 4.26. The van der Waals surface area contributed by atoms with Crippen LogP contribution in [0.15, 0.2) is 59.7 Å². The Labute approximate surface area is 162 Å². The second kappa shape index (κ2) is 8.47. The second-order valence-corrected chi connectivity index (χ2v) is 6.68. The number of hydrogen-bond donors (Lipinski definition) is 1. The molecule has 0 atom stereocenters. The number of esters is 1. The Bertz CT molecular complexity index is 1060. The molecule has 28 heavy (non-hydrogen) atoms. The summed E-state index contributed by atoms with van der Waals surface area (Å²) < 4.78 is 6.13. The predicted molar refractivity (Wildman–Crippen MR) is 106 cm³/mol. The first-order chi connectivity index (χ1) is 13.4. The number of carbonyl (C=O) groups excluding carboxylic acids is 2. The third kappa shape index (κ3) is 4.62. The van der Waals surface area contributed by atoms with E-state index in [1.54, 1.807) is 36.4 Å². The average Bonchev–Trinajstić information content (AvgIpc) is 2.69. The van der Waals surface area contributed by atoms with E-state index >= 15 is 0 Å². The molecule has 0 aliphatic carbocycles. The van der Waals surface area contributed by atoms with Gasteiger partial charge in [0.05, 0.1) is 17.2 Å². The van der Waals surface area contributed by atoms with E-state index in [1.165, 1.54) is 11.9 Å². The SMILES string of the molecule is CC(C)c1ccc(NC(=O)COC(=O)Cn2cnc3ccccc3c2=O)cc1. The first kappa shape index (κ1) is 19.3. The van der Waals surface area contributed by atoms with Gasteiger partial charge in [-0.15, -0.1) is 0 Å². The zero-order chi connectivity index (χ0) is 20.1. The van der Waals surface area contributed by atoms with Gasteiger partial charge < -0.3 is 10.1 Å². The molecule has 7 nitrogen and oxygen atoms in total. The van der Waals surface area contributed by atoms with Crippen LogP contribution in [0.25, 0.3) is 10.9 Å². The first-order valence-corrected chi connectivity index (χ1v) is 8.93.